The normalized spacial score (nSPS) is 13.1. The molecule has 0 spiro atoms. The molecule has 0 saturated carbocycles. The quantitative estimate of drug-likeness (QED) is 0.807. The van der Waals surface area contributed by atoms with E-state index in [0.29, 0.717) is 0 Å². The van der Waals surface area contributed by atoms with E-state index in [1.165, 1.54) is 4.88 Å². The molecule has 0 amide bonds. The lowest BCUT2D eigenvalue weighted by Crippen LogP contribution is -1.93. The fourth-order valence-corrected chi connectivity index (χ4v) is 2.68. The van der Waals surface area contributed by atoms with Crippen LogP contribution in [0.15, 0.2) is 29.0 Å². The molecule has 0 aliphatic heterocycles. The summed E-state index contributed by atoms with van der Waals surface area (Å²) in [6.45, 7) is 2.05. The molecule has 2 aromatic heterocycles. The number of aryl methyl sites for hydroxylation is 1. The summed E-state index contributed by atoms with van der Waals surface area (Å²) < 4.78 is 0. The second-order valence-electron chi connectivity index (χ2n) is 2.91. The van der Waals surface area contributed by atoms with Gasteiger partial charge in [0.2, 0.25) is 0 Å². The molecule has 2 rings (SSSR count). The topological polar surface area (TPSA) is 20.2 Å². The molecule has 0 aromatic carbocycles. The van der Waals surface area contributed by atoms with Crippen LogP contribution in [0.5, 0.6) is 0 Å². The minimum Gasteiger partial charge on any atom is -0.383 e. The lowest BCUT2D eigenvalue weighted by molar-refractivity contribution is 0.224. The van der Waals surface area contributed by atoms with E-state index in [1.807, 2.05) is 29.0 Å². The minimum absolute atomic E-state index is 0.440. The van der Waals surface area contributed by atoms with Crippen LogP contribution < -0.4 is 0 Å². The second-order valence-corrected chi connectivity index (χ2v) is 5.00. The van der Waals surface area contributed by atoms with Crippen LogP contribution in [0.25, 0.3) is 0 Å². The van der Waals surface area contributed by atoms with Gasteiger partial charge in [-0.15, -0.1) is 22.7 Å². The second kappa shape index (κ2) is 3.62. The number of hydrogen-bond donors (Lipinski definition) is 1. The Bertz CT molecular complexity index is 375. The van der Waals surface area contributed by atoms with Gasteiger partial charge < -0.3 is 5.11 Å². The molecule has 1 N–H and O–H groups in total. The van der Waals surface area contributed by atoms with Crippen molar-refractivity contribution in [2.75, 3.05) is 0 Å². The van der Waals surface area contributed by atoms with Crippen LogP contribution in [0.3, 0.4) is 0 Å². The Morgan fingerprint density at radius 2 is 2.23 bits per heavy atom. The molecular formula is C10H10OS2. The molecule has 0 bridgehead atoms. The molecule has 0 aliphatic rings. The molecule has 2 aromatic rings. The van der Waals surface area contributed by atoms with Crippen LogP contribution in [-0.2, 0) is 0 Å². The summed E-state index contributed by atoms with van der Waals surface area (Å²) in [6.07, 6.45) is -0.440. The molecule has 13 heavy (non-hydrogen) atoms. The van der Waals surface area contributed by atoms with Crippen LogP contribution in [0.2, 0.25) is 0 Å². The van der Waals surface area contributed by atoms with E-state index < -0.39 is 6.10 Å². The van der Waals surface area contributed by atoms with Crippen LogP contribution in [-0.4, -0.2) is 5.11 Å². The van der Waals surface area contributed by atoms with Gasteiger partial charge in [0.25, 0.3) is 0 Å². The van der Waals surface area contributed by atoms with Gasteiger partial charge in [0.1, 0.15) is 6.10 Å². The Kier molecular flexibility index (Phi) is 2.49. The van der Waals surface area contributed by atoms with E-state index in [4.69, 9.17) is 0 Å². The molecule has 0 fully saturated rings. The van der Waals surface area contributed by atoms with Crippen molar-refractivity contribution in [1.29, 1.82) is 0 Å². The smallest absolute Gasteiger partial charge is 0.114 e. The first-order valence-electron chi connectivity index (χ1n) is 4.04. The predicted molar refractivity (Wildman–Crippen MR) is 57.4 cm³/mol. The number of thiophene rings is 2. The monoisotopic (exact) mass is 210 g/mol. The molecule has 0 saturated heterocycles. The molecule has 3 heteroatoms. The summed E-state index contributed by atoms with van der Waals surface area (Å²) in [7, 11) is 0. The van der Waals surface area contributed by atoms with Gasteiger partial charge in [0.05, 0.1) is 0 Å². The van der Waals surface area contributed by atoms with Crippen molar-refractivity contribution in [2.45, 2.75) is 13.0 Å². The highest BCUT2D eigenvalue weighted by atomic mass is 32.1. The fourth-order valence-electron chi connectivity index (χ4n) is 1.22. The fraction of sp³-hybridized carbons (Fsp3) is 0.200. The maximum atomic E-state index is 9.91. The minimum atomic E-state index is -0.440. The lowest BCUT2D eigenvalue weighted by atomic mass is 10.1. The molecule has 1 atom stereocenters. The summed E-state index contributed by atoms with van der Waals surface area (Å²) in [5, 5.41) is 13.9. The third-order valence-electron chi connectivity index (χ3n) is 1.88. The van der Waals surface area contributed by atoms with Crippen molar-refractivity contribution < 1.29 is 5.11 Å². The van der Waals surface area contributed by atoms with Gasteiger partial charge in [0.15, 0.2) is 0 Å². The van der Waals surface area contributed by atoms with Gasteiger partial charge in [-0.1, -0.05) is 6.07 Å². The summed E-state index contributed by atoms with van der Waals surface area (Å²) >= 11 is 3.26. The van der Waals surface area contributed by atoms with Crippen LogP contribution in [0.1, 0.15) is 21.4 Å². The van der Waals surface area contributed by atoms with Crippen molar-refractivity contribution in [2.24, 2.45) is 0 Å². The average Bonchev–Trinajstić information content (AvgIpc) is 2.72. The Morgan fingerprint density at radius 3 is 2.77 bits per heavy atom. The SMILES string of the molecule is Cc1cc(C(O)c2cccs2)cs1. The molecule has 2 heterocycles. The Labute approximate surface area is 85.3 Å². The third kappa shape index (κ3) is 1.82. The summed E-state index contributed by atoms with van der Waals surface area (Å²) in [5.74, 6) is 0. The van der Waals surface area contributed by atoms with E-state index >= 15 is 0 Å². The number of aliphatic hydroxyl groups excluding tert-OH is 1. The molecule has 0 aliphatic carbocycles. The lowest BCUT2D eigenvalue weighted by Gasteiger charge is -2.04. The predicted octanol–water partition coefficient (Wildman–Crippen LogP) is 3.20. The Hall–Kier alpha value is -0.640. The first kappa shape index (κ1) is 8.94. The Balaban J connectivity index is 2.28. The average molecular weight is 210 g/mol. The van der Waals surface area contributed by atoms with Gasteiger partial charge in [0, 0.05) is 9.75 Å². The van der Waals surface area contributed by atoms with Crippen molar-refractivity contribution in [3.05, 3.63) is 44.3 Å². The van der Waals surface area contributed by atoms with Crippen molar-refractivity contribution in [1.82, 2.24) is 0 Å². The zero-order valence-electron chi connectivity index (χ0n) is 7.23. The van der Waals surface area contributed by atoms with Crippen LogP contribution in [0, 0.1) is 6.92 Å². The molecule has 1 unspecified atom stereocenters. The first-order valence-corrected chi connectivity index (χ1v) is 5.80. The summed E-state index contributed by atoms with van der Waals surface area (Å²) in [4.78, 5) is 2.25. The Morgan fingerprint density at radius 1 is 1.38 bits per heavy atom. The summed E-state index contributed by atoms with van der Waals surface area (Å²) in [6, 6.07) is 5.96. The van der Waals surface area contributed by atoms with E-state index in [9.17, 15) is 5.11 Å². The maximum Gasteiger partial charge on any atom is 0.114 e. The molecular weight excluding hydrogens is 200 g/mol. The van der Waals surface area contributed by atoms with Gasteiger partial charge in [-0.05, 0) is 35.4 Å². The summed E-state index contributed by atoms with van der Waals surface area (Å²) in [5.41, 5.74) is 1.00. The molecule has 1 nitrogen and oxygen atoms in total. The van der Waals surface area contributed by atoms with Gasteiger partial charge >= 0.3 is 0 Å². The zero-order chi connectivity index (χ0) is 9.26. The number of aliphatic hydroxyl groups is 1. The zero-order valence-corrected chi connectivity index (χ0v) is 8.86. The van der Waals surface area contributed by atoms with Gasteiger partial charge in [-0.2, -0.15) is 0 Å². The maximum absolute atomic E-state index is 9.91. The first-order chi connectivity index (χ1) is 6.27. The number of rotatable bonds is 2. The van der Waals surface area contributed by atoms with E-state index in [0.717, 1.165) is 10.4 Å². The molecule has 0 radical (unpaired) electrons. The van der Waals surface area contributed by atoms with Gasteiger partial charge in [-0.3, -0.25) is 0 Å². The molecule has 68 valence electrons. The van der Waals surface area contributed by atoms with E-state index in [1.54, 1.807) is 22.7 Å². The highest BCUT2D eigenvalue weighted by Gasteiger charge is 2.11. The standard InChI is InChI=1S/C10H10OS2/c1-7-5-8(6-13-7)10(11)9-3-2-4-12-9/h2-6,10-11H,1H3. The third-order valence-corrected chi connectivity index (χ3v) is 3.68. The van der Waals surface area contributed by atoms with Crippen molar-refractivity contribution >= 4 is 22.7 Å². The van der Waals surface area contributed by atoms with E-state index in [-0.39, 0.29) is 0 Å². The number of hydrogen-bond acceptors (Lipinski definition) is 3. The van der Waals surface area contributed by atoms with E-state index in [2.05, 4.69) is 6.92 Å². The van der Waals surface area contributed by atoms with Crippen molar-refractivity contribution in [3.8, 4) is 0 Å². The van der Waals surface area contributed by atoms with Crippen LogP contribution in [0.4, 0.5) is 0 Å². The van der Waals surface area contributed by atoms with Gasteiger partial charge in [-0.25, -0.2) is 0 Å². The van der Waals surface area contributed by atoms with Crippen molar-refractivity contribution in [3.63, 3.8) is 0 Å². The highest BCUT2D eigenvalue weighted by molar-refractivity contribution is 7.10. The largest absolute Gasteiger partial charge is 0.383 e. The van der Waals surface area contributed by atoms with Crippen LogP contribution >= 0.6 is 22.7 Å². The highest BCUT2D eigenvalue weighted by Crippen LogP contribution is 2.28.